The van der Waals surface area contributed by atoms with Gasteiger partial charge in [-0.15, -0.1) is 11.3 Å². The fourth-order valence-electron chi connectivity index (χ4n) is 2.91. The Labute approximate surface area is 168 Å². The molecule has 1 heterocycles. The number of rotatable bonds is 12. The molecule has 1 aromatic rings. The number of hydrogen-bond acceptors (Lipinski definition) is 5. The molecule has 0 aliphatic carbocycles. The second-order valence-electron chi connectivity index (χ2n) is 7.37. The van der Waals surface area contributed by atoms with E-state index in [1.807, 2.05) is 27.9 Å². The number of nitrogens with one attached hydrogen (secondary N) is 1. The van der Waals surface area contributed by atoms with E-state index in [1.165, 1.54) is 11.3 Å². The molecule has 1 atom stereocenters. The predicted molar refractivity (Wildman–Crippen MR) is 113 cm³/mol. The van der Waals surface area contributed by atoms with E-state index in [-0.39, 0.29) is 24.3 Å². The molecule has 0 aromatic carbocycles. The van der Waals surface area contributed by atoms with Gasteiger partial charge in [0.15, 0.2) is 5.13 Å². The van der Waals surface area contributed by atoms with Gasteiger partial charge in [-0.25, -0.2) is 4.98 Å². The van der Waals surface area contributed by atoms with Crippen molar-refractivity contribution in [1.82, 2.24) is 14.8 Å². The Morgan fingerprint density at radius 2 is 1.85 bits per heavy atom. The highest BCUT2D eigenvalue weighted by Crippen LogP contribution is 2.21. The quantitative estimate of drug-likeness (QED) is 0.585. The van der Waals surface area contributed by atoms with Crippen LogP contribution >= 0.6 is 11.3 Å². The lowest BCUT2D eigenvalue weighted by Gasteiger charge is -2.27. The second kappa shape index (κ2) is 12.1. The van der Waals surface area contributed by atoms with Gasteiger partial charge >= 0.3 is 0 Å². The third kappa shape index (κ3) is 8.39. The largest absolute Gasteiger partial charge is 0.333 e. The molecule has 0 radical (unpaired) electrons. The lowest BCUT2D eigenvalue weighted by Crippen LogP contribution is -2.42. The van der Waals surface area contributed by atoms with Crippen LogP contribution in [0.3, 0.4) is 0 Å². The van der Waals surface area contributed by atoms with Gasteiger partial charge in [0.05, 0.1) is 12.2 Å². The Hall–Kier alpha value is -1.47. The maximum atomic E-state index is 13.0. The van der Waals surface area contributed by atoms with E-state index < -0.39 is 0 Å². The summed E-state index contributed by atoms with van der Waals surface area (Å²) in [5.41, 5.74) is 0.930. The van der Waals surface area contributed by atoms with Crippen molar-refractivity contribution < 1.29 is 9.59 Å². The molecule has 0 spiro atoms. The van der Waals surface area contributed by atoms with Crippen molar-refractivity contribution in [1.29, 1.82) is 0 Å². The number of carbonyl (C=O) groups is 2. The van der Waals surface area contributed by atoms with Crippen LogP contribution in [0.1, 0.15) is 56.5 Å². The monoisotopic (exact) mass is 396 g/mol. The minimum Gasteiger partial charge on any atom is -0.333 e. The van der Waals surface area contributed by atoms with E-state index in [1.54, 1.807) is 4.90 Å². The van der Waals surface area contributed by atoms with Gasteiger partial charge in [-0.2, -0.15) is 0 Å². The minimum atomic E-state index is -0.174. The molecule has 2 amide bonds. The lowest BCUT2D eigenvalue weighted by molar-refractivity contribution is -0.138. The summed E-state index contributed by atoms with van der Waals surface area (Å²) in [6, 6.07) is 0. The molecule has 0 aliphatic heterocycles. The number of carbonyl (C=O) groups excluding carboxylic acids is 2. The van der Waals surface area contributed by atoms with Crippen molar-refractivity contribution in [3.05, 3.63) is 10.6 Å². The van der Waals surface area contributed by atoms with E-state index >= 15 is 0 Å². The zero-order valence-electron chi connectivity index (χ0n) is 17.8. The Morgan fingerprint density at radius 1 is 1.15 bits per heavy atom. The standard InChI is InChI=1S/C20H36N4O2S/c1-7-9-11-17(8-2)19(26)24(13-10-12-23(5)6)14-18(25)22-20-21-15(3)16(4)27-20/h17H,7-14H2,1-6H3,(H,21,22,25)/t17-/m1/s1. The van der Waals surface area contributed by atoms with Crippen LogP contribution < -0.4 is 5.32 Å². The maximum Gasteiger partial charge on any atom is 0.245 e. The number of unbranched alkanes of at least 4 members (excludes halogenated alkanes) is 1. The highest BCUT2D eigenvalue weighted by Gasteiger charge is 2.24. The predicted octanol–water partition coefficient (Wildman–Crippen LogP) is 3.70. The Morgan fingerprint density at radius 3 is 2.37 bits per heavy atom. The zero-order chi connectivity index (χ0) is 20.4. The Balaban J connectivity index is 2.76. The fraction of sp³-hybridized carbons (Fsp3) is 0.750. The van der Waals surface area contributed by atoms with Crippen molar-refractivity contribution in [3.63, 3.8) is 0 Å². The van der Waals surface area contributed by atoms with E-state index in [4.69, 9.17) is 0 Å². The van der Waals surface area contributed by atoms with Crippen molar-refractivity contribution in [2.45, 2.75) is 59.8 Å². The Bertz CT molecular complexity index is 581. The first kappa shape index (κ1) is 23.6. The van der Waals surface area contributed by atoms with Gasteiger partial charge in [0, 0.05) is 17.3 Å². The van der Waals surface area contributed by atoms with Gasteiger partial charge in [-0.05, 0) is 53.8 Å². The number of nitrogens with zero attached hydrogens (tertiary/aromatic N) is 3. The summed E-state index contributed by atoms with van der Waals surface area (Å²) < 4.78 is 0. The summed E-state index contributed by atoms with van der Waals surface area (Å²) >= 11 is 1.47. The number of amides is 2. The third-order valence-corrected chi connectivity index (χ3v) is 5.69. The summed E-state index contributed by atoms with van der Waals surface area (Å²) in [6.45, 7) is 9.68. The van der Waals surface area contributed by atoms with Crippen LogP contribution in [0.25, 0.3) is 0 Å². The minimum absolute atomic E-state index is 0.00135. The van der Waals surface area contributed by atoms with Gasteiger partial charge in [0.25, 0.3) is 0 Å². The molecule has 1 aromatic heterocycles. The molecule has 7 heteroatoms. The van der Waals surface area contributed by atoms with Crippen molar-refractivity contribution in [2.24, 2.45) is 5.92 Å². The summed E-state index contributed by atoms with van der Waals surface area (Å²) in [5, 5.41) is 3.46. The molecule has 6 nitrogen and oxygen atoms in total. The highest BCUT2D eigenvalue weighted by atomic mass is 32.1. The highest BCUT2D eigenvalue weighted by molar-refractivity contribution is 7.15. The van der Waals surface area contributed by atoms with E-state index in [9.17, 15) is 9.59 Å². The Kier molecular flexibility index (Phi) is 10.5. The van der Waals surface area contributed by atoms with Crippen LogP contribution in [0, 0.1) is 19.8 Å². The fourth-order valence-corrected chi connectivity index (χ4v) is 3.75. The second-order valence-corrected chi connectivity index (χ2v) is 8.58. The van der Waals surface area contributed by atoms with E-state index in [2.05, 4.69) is 29.0 Å². The lowest BCUT2D eigenvalue weighted by atomic mass is 9.97. The van der Waals surface area contributed by atoms with E-state index in [0.29, 0.717) is 11.7 Å². The molecule has 0 bridgehead atoms. The first-order valence-corrected chi connectivity index (χ1v) is 10.8. The van der Waals surface area contributed by atoms with Crippen LogP contribution in [0.2, 0.25) is 0 Å². The van der Waals surface area contributed by atoms with Crippen LogP contribution in [-0.2, 0) is 9.59 Å². The molecular formula is C20H36N4O2S. The van der Waals surface area contributed by atoms with Gasteiger partial charge in [-0.1, -0.05) is 26.7 Å². The molecule has 0 fully saturated rings. The molecule has 154 valence electrons. The van der Waals surface area contributed by atoms with Gasteiger partial charge < -0.3 is 15.1 Å². The third-order valence-electron chi connectivity index (χ3n) is 4.70. The SMILES string of the molecule is CCCC[C@@H](CC)C(=O)N(CCCN(C)C)CC(=O)Nc1nc(C)c(C)s1. The average Bonchev–Trinajstić information content (AvgIpc) is 2.91. The summed E-state index contributed by atoms with van der Waals surface area (Å²) in [5.74, 6) is -0.0693. The van der Waals surface area contributed by atoms with Crippen molar-refractivity contribution in [3.8, 4) is 0 Å². The number of thiazole rings is 1. The number of aromatic nitrogens is 1. The number of hydrogen-bond donors (Lipinski definition) is 1. The van der Waals surface area contributed by atoms with E-state index in [0.717, 1.165) is 49.2 Å². The topological polar surface area (TPSA) is 65.5 Å². The summed E-state index contributed by atoms with van der Waals surface area (Å²) in [6.07, 6.45) is 4.68. The van der Waals surface area contributed by atoms with Crippen LogP contribution in [0.15, 0.2) is 0 Å². The molecule has 0 saturated carbocycles. The average molecular weight is 397 g/mol. The van der Waals surface area contributed by atoms with Crippen molar-refractivity contribution in [2.75, 3.05) is 39.0 Å². The number of aryl methyl sites for hydroxylation is 2. The molecule has 1 rings (SSSR count). The van der Waals surface area contributed by atoms with Crippen LogP contribution in [0.5, 0.6) is 0 Å². The molecule has 27 heavy (non-hydrogen) atoms. The number of anilines is 1. The summed E-state index contributed by atoms with van der Waals surface area (Å²) in [7, 11) is 4.03. The molecule has 1 N–H and O–H groups in total. The molecular weight excluding hydrogens is 360 g/mol. The molecule has 0 unspecified atom stereocenters. The van der Waals surface area contributed by atoms with Gasteiger partial charge in [-0.3, -0.25) is 9.59 Å². The summed E-state index contributed by atoms with van der Waals surface area (Å²) in [4.78, 5) is 34.8. The first-order valence-electron chi connectivity index (χ1n) is 9.95. The first-order chi connectivity index (χ1) is 12.8. The molecule has 0 aliphatic rings. The van der Waals surface area contributed by atoms with Crippen molar-refractivity contribution >= 4 is 28.3 Å². The van der Waals surface area contributed by atoms with Crippen LogP contribution in [-0.4, -0.2) is 60.3 Å². The maximum absolute atomic E-state index is 13.0. The van der Waals surface area contributed by atoms with Gasteiger partial charge in [0.2, 0.25) is 11.8 Å². The van der Waals surface area contributed by atoms with Crippen LogP contribution in [0.4, 0.5) is 5.13 Å². The zero-order valence-corrected chi connectivity index (χ0v) is 18.6. The molecule has 0 saturated heterocycles. The van der Waals surface area contributed by atoms with Gasteiger partial charge in [0.1, 0.15) is 0 Å². The smallest absolute Gasteiger partial charge is 0.245 e. The normalized spacial score (nSPS) is 12.3.